The average Bonchev–Trinajstić information content (AvgIpc) is 3.45. The summed E-state index contributed by atoms with van der Waals surface area (Å²) < 4.78 is 41.2. The van der Waals surface area contributed by atoms with Crippen molar-refractivity contribution in [2.45, 2.75) is 107 Å². The van der Waals surface area contributed by atoms with Gasteiger partial charge in [0.05, 0.1) is 11.2 Å². The van der Waals surface area contributed by atoms with Gasteiger partial charge in [0.15, 0.2) is 5.78 Å². The van der Waals surface area contributed by atoms with Crippen LogP contribution in [0.1, 0.15) is 104 Å². The van der Waals surface area contributed by atoms with E-state index in [-0.39, 0.29) is 49.9 Å². The Hall–Kier alpha value is -3.32. The molecule has 1 radical (unpaired) electrons. The molecule has 0 fully saturated rings. The average molecular weight is 921 g/mol. The van der Waals surface area contributed by atoms with Crippen LogP contribution in [0.15, 0.2) is 78.7 Å². The van der Waals surface area contributed by atoms with Crippen molar-refractivity contribution < 1.29 is 43.2 Å². The maximum Gasteiger partial charge on any atom is 0.394 e. The number of carbonyl (C=O) groups excluding carboxylic acids is 1. The molecule has 53 heavy (non-hydrogen) atoms. The number of hydrogen-bond donors (Lipinski definition) is 1. The summed E-state index contributed by atoms with van der Waals surface area (Å²) in [4.78, 5) is 17.6. The second kappa shape index (κ2) is 18.8. The van der Waals surface area contributed by atoms with Gasteiger partial charge in [0, 0.05) is 59.5 Å². The van der Waals surface area contributed by atoms with Crippen molar-refractivity contribution in [3.8, 4) is 21.7 Å². The number of ketones is 1. The number of aromatic nitrogens is 1. The fourth-order valence-electron chi connectivity index (χ4n) is 6.64. The number of alkyl halides is 3. The van der Waals surface area contributed by atoms with Gasteiger partial charge >= 0.3 is 6.18 Å². The molecular formula is C45H53F3IrNO2S-. The molecule has 0 unspecified atom stereocenters. The van der Waals surface area contributed by atoms with Gasteiger partial charge < -0.3 is 5.11 Å². The minimum Gasteiger partial charge on any atom is -0.512 e. The number of nitrogens with zero attached hydrogens (tertiary/aromatic N) is 1. The van der Waals surface area contributed by atoms with Gasteiger partial charge in [0.1, 0.15) is 0 Å². The van der Waals surface area contributed by atoms with E-state index < -0.39 is 11.6 Å². The number of pyridine rings is 1. The van der Waals surface area contributed by atoms with Crippen molar-refractivity contribution in [1.29, 1.82) is 0 Å². The minimum atomic E-state index is -4.24. The van der Waals surface area contributed by atoms with Crippen molar-refractivity contribution in [3.05, 3.63) is 101 Å². The summed E-state index contributed by atoms with van der Waals surface area (Å²) >= 11 is 1.68. The molecule has 0 saturated carbocycles. The molecule has 0 bridgehead atoms. The molecule has 0 aliphatic heterocycles. The Kier molecular flexibility index (Phi) is 15.7. The molecule has 0 atom stereocenters. The first-order chi connectivity index (χ1) is 24.6. The fourth-order valence-corrected chi connectivity index (χ4v) is 7.95. The normalized spacial score (nSPS) is 12.4. The Morgan fingerprint density at radius 2 is 1.51 bits per heavy atom. The van der Waals surface area contributed by atoms with Crippen LogP contribution >= 0.6 is 11.3 Å². The SMILES string of the molecule is CCC(CC)C(=O)/C=C(\O)C(CC)CC.Cc1c(-c2ccc(CC(C)(C)C(F)(F)F)cc2)sc2c(-c3[c-]c4ccccc4c(C(C)C)c3)nccc12.[Ir]. The molecule has 0 amide bonds. The standard InChI is InChI=1S/C32H29F3NS.C13H24O2.Ir/c1-19(2)27-17-24(16-23-8-6-7-9-26(23)27)28-30-25(14-15-36-28)20(3)29(37-30)22-12-10-21(11-13-22)18-31(4,5)32(33,34)35;1-5-10(6-2)12(14)9-13(15)11(7-3)8-4;/h6-15,17,19H,18H2,1-5H3;9-11,14H,5-8H2,1-4H3;/q-1;;/b;12-9-;. The van der Waals surface area contributed by atoms with Crippen molar-refractivity contribution in [2.24, 2.45) is 17.3 Å². The number of hydrogen-bond acceptors (Lipinski definition) is 4. The zero-order chi connectivity index (χ0) is 38.4. The van der Waals surface area contributed by atoms with Crippen LogP contribution in [0.3, 0.4) is 0 Å². The molecule has 3 nitrogen and oxygen atoms in total. The van der Waals surface area contributed by atoms with Gasteiger partial charge in [0.25, 0.3) is 0 Å². The first-order valence-electron chi connectivity index (χ1n) is 18.5. The Bertz CT molecular complexity index is 2000. The first kappa shape index (κ1) is 44.1. The number of rotatable bonds is 12. The molecule has 2 heterocycles. The molecule has 2 aromatic heterocycles. The summed E-state index contributed by atoms with van der Waals surface area (Å²) in [7, 11) is 0. The Morgan fingerprint density at radius 3 is 2.08 bits per heavy atom. The van der Waals surface area contributed by atoms with Gasteiger partial charge in [-0.2, -0.15) is 13.2 Å². The number of fused-ring (bicyclic) bond motifs is 2. The number of aryl methyl sites for hydroxylation is 1. The van der Waals surface area contributed by atoms with Crippen LogP contribution in [0.5, 0.6) is 0 Å². The van der Waals surface area contributed by atoms with E-state index >= 15 is 0 Å². The van der Waals surface area contributed by atoms with E-state index in [2.05, 4.69) is 51.1 Å². The Balaban J connectivity index is 0.000000403. The van der Waals surface area contributed by atoms with Crippen LogP contribution in [-0.4, -0.2) is 22.1 Å². The van der Waals surface area contributed by atoms with Gasteiger partial charge in [-0.25, -0.2) is 0 Å². The van der Waals surface area contributed by atoms with E-state index in [1.54, 1.807) is 11.3 Å². The van der Waals surface area contributed by atoms with E-state index in [9.17, 15) is 23.1 Å². The Labute approximate surface area is 331 Å². The smallest absolute Gasteiger partial charge is 0.394 e. The monoisotopic (exact) mass is 921 g/mol. The molecule has 0 aliphatic carbocycles. The van der Waals surface area contributed by atoms with Crippen LogP contribution in [0.4, 0.5) is 13.2 Å². The minimum absolute atomic E-state index is 0. The quantitative estimate of drug-likeness (QED) is 0.0771. The summed E-state index contributed by atoms with van der Waals surface area (Å²) in [5, 5.41) is 13.2. The second-order valence-electron chi connectivity index (χ2n) is 14.7. The van der Waals surface area contributed by atoms with Crippen molar-refractivity contribution in [1.82, 2.24) is 4.98 Å². The number of carbonyl (C=O) groups is 1. The molecule has 5 rings (SSSR count). The van der Waals surface area contributed by atoms with Gasteiger partial charge in [0.2, 0.25) is 0 Å². The summed E-state index contributed by atoms with van der Waals surface area (Å²) in [6.07, 6.45) is 2.46. The summed E-state index contributed by atoms with van der Waals surface area (Å²) in [6.45, 7) is 17.1. The second-order valence-corrected chi connectivity index (χ2v) is 15.7. The molecule has 3 aromatic carbocycles. The third-order valence-corrected chi connectivity index (χ3v) is 11.6. The third-order valence-electron chi connectivity index (χ3n) is 10.2. The maximum atomic E-state index is 13.4. The number of benzene rings is 3. The zero-order valence-electron chi connectivity index (χ0n) is 32.4. The predicted octanol–water partition coefficient (Wildman–Crippen LogP) is 14.0. The summed E-state index contributed by atoms with van der Waals surface area (Å²) in [6, 6.07) is 23.7. The van der Waals surface area contributed by atoms with Crippen LogP contribution in [0, 0.1) is 30.2 Å². The van der Waals surface area contributed by atoms with E-state index in [1.807, 2.05) is 70.3 Å². The molecule has 287 valence electrons. The summed E-state index contributed by atoms with van der Waals surface area (Å²) in [5.74, 6) is 0.907. The maximum absolute atomic E-state index is 13.4. The third kappa shape index (κ3) is 10.3. The van der Waals surface area contributed by atoms with Gasteiger partial charge in [-0.3, -0.25) is 9.78 Å². The van der Waals surface area contributed by atoms with E-state index in [1.165, 1.54) is 30.9 Å². The molecular weight excluding hydrogens is 868 g/mol. The number of allylic oxidation sites excluding steroid dienone is 2. The number of aliphatic hydroxyl groups excluding tert-OH is 1. The van der Waals surface area contributed by atoms with Crippen molar-refractivity contribution >= 4 is 38.0 Å². The molecule has 8 heteroatoms. The van der Waals surface area contributed by atoms with Gasteiger partial charge in [-0.1, -0.05) is 109 Å². The van der Waals surface area contributed by atoms with Crippen LogP contribution in [-0.2, 0) is 31.3 Å². The molecule has 0 aliphatic rings. The first-order valence-corrected chi connectivity index (χ1v) is 19.3. The van der Waals surface area contributed by atoms with Gasteiger partial charge in [-0.15, -0.1) is 40.5 Å². The molecule has 5 aromatic rings. The van der Waals surface area contributed by atoms with Crippen molar-refractivity contribution in [2.75, 3.05) is 0 Å². The van der Waals surface area contributed by atoms with Crippen LogP contribution in [0.2, 0.25) is 0 Å². The zero-order valence-corrected chi connectivity index (χ0v) is 35.6. The summed E-state index contributed by atoms with van der Waals surface area (Å²) in [5.41, 5.74) is 4.22. The van der Waals surface area contributed by atoms with Gasteiger partial charge in [-0.05, 0) is 73.1 Å². The number of thiophene rings is 1. The topological polar surface area (TPSA) is 50.2 Å². The Morgan fingerprint density at radius 1 is 0.906 bits per heavy atom. The number of halogens is 3. The van der Waals surface area contributed by atoms with E-state index in [0.717, 1.165) is 68.4 Å². The number of aliphatic hydroxyl groups is 1. The van der Waals surface area contributed by atoms with E-state index in [4.69, 9.17) is 4.98 Å². The predicted molar refractivity (Wildman–Crippen MR) is 213 cm³/mol. The van der Waals surface area contributed by atoms with Crippen LogP contribution in [0.25, 0.3) is 42.6 Å². The van der Waals surface area contributed by atoms with Crippen LogP contribution < -0.4 is 0 Å². The molecule has 1 N–H and O–H groups in total. The van der Waals surface area contributed by atoms with Crippen molar-refractivity contribution in [3.63, 3.8) is 0 Å². The largest absolute Gasteiger partial charge is 0.512 e. The molecule has 0 spiro atoms. The molecule has 0 saturated heterocycles. The fraction of sp³-hybridized carbons (Fsp3) is 0.422. The van der Waals surface area contributed by atoms with E-state index in [0.29, 0.717) is 11.5 Å².